The van der Waals surface area contributed by atoms with Crippen LogP contribution in [0.2, 0.25) is 5.02 Å². The van der Waals surface area contributed by atoms with Gasteiger partial charge < -0.3 is 10.6 Å². The molecule has 2 rings (SSSR count). The molecule has 0 aromatic heterocycles. The summed E-state index contributed by atoms with van der Waals surface area (Å²) < 4.78 is 0. The van der Waals surface area contributed by atoms with E-state index >= 15 is 0 Å². The van der Waals surface area contributed by atoms with Crippen molar-refractivity contribution in [3.05, 3.63) is 28.8 Å². The first-order chi connectivity index (χ1) is 6.16. The molecule has 1 heterocycles. The molecule has 0 aliphatic carbocycles. The van der Waals surface area contributed by atoms with Gasteiger partial charge in [-0.25, -0.2) is 0 Å². The van der Waals surface area contributed by atoms with Crippen LogP contribution in [0.3, 0.4) is 0 Å². The number of benzene rings is 1. The highest BCUT2D eigenvalue weighted by molar-refractivity contribution is 6.31. The van der Waals surface area contributed by atoms with Crippen LogP contribution in [0.25, 0.3) is 0 Å². The standard InChI is InChI=1S/C10H13ClN2/c1-7-2-3-9(4-10(7)11)13-5-8(12)6-13/h2-4,8H,5-6,12H2,1H3. The summed E-state index contributed by atoms with van der Waals surface area (Å²) in [6.45, 7) is 3.90. The molecule has 1 aliphatic heterocycles. The maximum absolute atomic E-state index is 6.02. The number of aryl methyl sites for hydroxylation is 1. The lowest BCUT2D eigenvalue weighted by Crippen LogP contribution is -2.55. The van der Waals surface area contributed by atoms with Gasteiger partial charge in [0.25, 0.3) is 0 Å². The van der Waals surface area contributed by atoms with Gasteiger partial charge in [-0.3, -0.25) is 0 Å². The van der Waals surface area contributed by atoms with Gasteiger partial charge in [0.05, 0.1) is 0 Å². The molecule has 13 heavy (non-hydrogen) atoms. The fraction of sp³-hybridized carbons (Fsp3) is 0.400. The molecule has 1 aromatic carbocycles. The van der Waals surface area contributed by atoms with Crippen molar-refractivity contribution in [3.8, 4) is 0 Å². The molecular weight excluding hydrogens is 184 g/mol. The number of nitrogens with two attached hydrogens (primary N) is 1. The zero-order valence-corrected chi connectivity index (χ0v) is 8.38. The van der Waals surface area contributed by atoms with Gasteiger partial charge in [0.2, 0.25) is 0 Å². The van der Waals surface area contributed by atoms with Gasteiger partial charge in [0.1, 0.15) is 0 Å². The molecule has 0 unspecified atom stereocenters. The predicted molar refractivity (Wildman–Crippen MR) is 56.4 cm³/mol. The predicted octanol–water partition coefficient (Wildman–Crippen LogP) is 1.80. The van der Waals surface area contributed by atoms with Crippen LogP contribution >= 0.6 is 11.6 Å². The highest BCUT2D eigenvalue weighted by atomic mass is 35.5. The van der Waals surface area contributed by atoms with E-state index in [0.29, 0.717) is 6.04 Å². The Morgan fingerprint density at radius 3 is 2.69 bits per heavy atom. The van der Waals surface area contributed by atoms with Crippen LogP contribution in [-0.2, 0) is 0 Å². The summed E-state index contributed by atoms with van der Waals surface area (Å²) >= 11 is 6.02. The highest BCUT2D eigenvalue weighted by Gasteiger charge is 2.23. The fourth-order valence-corrected chi connectivity index (χ4v) is 1.68. The van der Waals surface area contributed by atoms with E-state index in [2.05, 4.69) is 11.0 Å². The molecule has 2 nitrogen and oxygen atoms in total. The minimum Gasteiger partial charge on any atom is -0.368 e. The lowest BCUT2D eigenvalue weighted by Gasteiger charge is -2.39. The Bertz CT molecular complexity index is 319. The maximum Gasteiger partial charge on any atom is 0.0455 e. The molecule has 0 spiro atoms. The second kappa shape index (κ2) is 3.20. The fourth-order valence-electron chi connectivity index (χ4n) is 1.50. The van der Waals surface area contributed by atoms with Gasteiger partial charge in [-0.15, -0.1) is 0 Å². The molecule has 0 amide bonds. The van der Waals surface area contributed by atoms with Crippen LogP contribution in [-0.4, -0.2) is 19.1 Å². The lowest BCUT2D eigenvalue weighted by molar-refractivity contribution is 0.519. The van der Waals surface area contributed by atoms with Gasteiger partial charge in [0.15, 0.2) is 0 Å². The van der Waals surface area contributed by atoms with Crippen LogP contribution < -0.4 is 10.6 Å². The van der Waals surface area contributed by atoms with Crippen molar-refractivity contribution in [2.75, 3.05) is 18.0 Å². The van der Waals surface area contributed by atoms with Gasteiger partial charge >= 0.3 is 0 Å². The molecule has 0 radical (unpaired) electrons. The normalized spacial score (nSPS) is 17.3. The van der Waals surface area contributed by atoms with Crippen molar-refractivity contribution in [1.82, 2.24) is 0 Å². The van der Waals surface area contributed by atoms with Crippen LogP contribution in [0, 0.1) is 6.92 Å². The van der Waals surface area contributed by atoms with Crippen LogP contribution in [0.15, 0.2) is 18.2 Å². The Hall–Kier alpha value is -0.730. The number of nitrogens with zero attached hydrogens (tertiary/aromatic N) is 1. The Morgan fingerprint density at radius 2 is 2.15 bits per heavy atom. The van der Waals surface area contributed by atoms with E-state index in [-0.39, 0.29) is 0 Å². The maximum atomic E-state index is 6.02. The molecule has 1 aliphatic rings. The molecule has 3 heteroatoms. The van der Waals surface area contributed by atoms with E-state index in [4.69, 9.17) is 17.3 Å². The van der Waals surface area contributed by atoms with Gasteiger partial charge in [-0.05, 0) is 24.6 Å². The van der Waals surface area contributed by atoms with Crippen LogP contribution in [0.1, 0.15) is 5.56 Å². The summed E-state index contributed by atoms with van der Waals surface area (Å²) in [6, 6.07) is 6.47. The third kappa shape index (κ3) is 1.64. The van der Waals surface area contributed by atoms with Crippen LogP contribution in [0.4, 0.5) is 5.69 Å². The Kier molecular flexibility index (Phi) is 2.18. The number of hydrogen-bond donors (Lipinski definition) is 1. The second-order valence-corrected chi connectivity index (χ2v) is 4.01. The Labute approximate surface area is 83.3 Å². The van der Waals surface area contributed by atoms with E-state index in [1.165, 1.54) is 5.69 Å². The Morgan fingerprint density at radius 1 is 1.46 bits per heavy atom. The summed E-state index contributed by atoms with van der Waals surface area (Å²) in [5.74, 6) is 0. The topological polar surface area (TPSA) is 29.3 Å². The zero-order valence-electron chi connectivity index (χ0n) is 7.63. The SMILES string of the molecule is Cc1ccc(N2CC(N)C2)cc1Cl. The summed E-state index contributed by atoms with van der Waals surface area (Å²) in [4.78, 5) is 2.23. The Balaban J connectivity index is 2.18. The highest BCUT2D eigenvalue weighted by Crippen LogP contribution is 2.25. The lowest BCUT2D eigenvalue weighted by atomic mass is 10.1. The minimum atomic E-state index is 0.333. The average molecular weight is 197 g/mol. The molecule has 1 fully saturated rings. The van der Waals surface area contributed by atoms with E-state index in [1.54, 1.807) is 0 Å². The minimum absolute atomic E-state index is 0.333. The molecule has 1 aromatic rings. The molecule has 0 saturated carbocycles. The average Bonchev–Trinajstić information content (AvgIpc) is 2.05. The van der Waals surface area contributed by atoms with E-state index in [9.17, 15) is 0 Å². The number of anilines is 1. The first-order valence-corrected chi connectivity index (χ1v) is 4.81. The van der Waals surface area contributed by atoms with Crippen molar-refractivity contribution in [1.29, 1.82) is 0 Å². The first kappa shape index (κ1) is 8.85. The smallest absolute Gasteiger partial charge is 0.0455 e. The second-order valence-electron chi connectivity index (χ2n) is 3.60. The summed E-state index contributed by atoms with van der Waals surface area (Å²) in [5.41, 5.74) is 8.00. The van der Waals surface area contributed by atoms with Crippen molar-refractivity contribution in [2.45, 2.75) is 13.0 Å². The molecule has 2 N–H and O–H groups in total. The molecule has 70 valence electrons. The molecule has 1 saturated heterocycles. The van der Waals surface area contributed by atoms with Crippen LogP contribution in [0.5, 0.6) is 0 Å². The van der Waals surface area contributed by atoms with Gasteiger partial charge in [-0.2, -0.15) is 0 Å². The summed E-state index contributed by atoms with van der Waals surface area (Å²) in [7, 11) is 0. The monoisotopic (exact) mass is 196 g/mol. The van der Waals surface area contributed by atoms with E-state index < -0.39 is 0 Å². The third-order valence-corrected chi connectivity index (χ3v) is 2.84. The van der Waals surface area contributed by atoms with Gasteiger partial charge in [0, 0.05) is 29.8 Å². The first-order valence-electron chi connectivity index (χ1n) is 4.43. The molecular formula is C10H13ClN2. The van der Waals surface area contributed by atoms with Crippen molar-refractivity contribution >= 4 is 17.3 Å². The van der Waals surface area contributed by atoms with Crippen molar-refractivity contribution in [2.24, 2.45) is 5.73 Å². The largest absolute Gasteiger partial charge is 0.368 e. The summed E-state index contributed by atoms with van der Waals surface area (Å²) in [6.07, 6.45) is 0. The molecule has 0 bridgehead atoms. The number of rotatable bonds is 1. The third-order valence-electron chi connectivity index (χ3n) is 2.43. The van der Waals surface area contributed by atoms with Crippen molar-refractivity contribution < 1.29 is 0 Å². The van der Waals surface area contributed by atoms with E-state index in [1.807, 2.05) is 19.1 Å². The summed E-state index contributed by atoms with van der Waals surface area (Å²) in [5, 5.41) is 0.831. The van der Waals surface area contributed by atoms with Crippen molar-refractivity contribution in [3.63, 3.8) is 0 Å². The number of halogens is 1. The quantitative estimate of drug-likeness (QED) is 0.742. The van der Waals surface area contributed by atoms with Gasteiger partial charge in [-0.1, -0.05) is 17.7 Å². The zero-order chi connectivity index (χ0) is 9.42. The number of hydrogen-bond acceptors (Lipinski definition) is 2. The van der Waals surface area contributed by atoms with E-state index in [0.717, 1.165) is 23.7 Å². The molecule has 0 atom stereocenters.